The van der Waals surface area contributed by atoms with Gasteiger partial charge < -0.3 is 20.5 Å². The predicted molar refractivity (Wildman–Crippen MR) is 100 cm³/mol. The molecule has 0 fully saturated rings. The van der Waals surface area contributed by atoms with Crippen LogP contribution < -0.4 is 10.6 Å². The van der Waals surface area contributed by atoms with Crippen LogP contribution in [0.4, 0.5) is 0 Å². The summed E-state index contributed by atoms with van der Waals surface area (Å²) < 4.78 is 5.56. The van der Waals surface area contributed by atoms with Crippen molar-refractivity contribution in [2.24, 2.45) is 10.9 Å². The molecule has 24 heavy (non-hydrogen) atoms. The maximum absolute atomic E-state index is 10.1. The highest BCUT2D eigenvalue weighted by Crippen LogP contribution is 2.03. The molecule has 0 aliphatic rings. The molecular weight excluding hydrogens is 302 g/mol. The fraction of sp³-hybridized carbons (Fsp3) is 0.632. The molecule has 0 spiro atoms. The minimum absolute atomic E-state index is 0.383. The van der Waals surface area contributed by atoms with Gasteiger partial charge in [-0.15, -0.1) is 0 Å². The van der Waals surface area contributed by atoms with Crippen LogP contribution >= 0.6 is 0 Å². The lowest BCUT2D eigenvalue weighted by Gasteiger charge is -2.13. The second-order valence-electron chi connectivity index (χ2n) is 6.31. The first-order valence-corrected chi connectivity index (χ1v) is 8.93. The number of nitrogens with zero attached hydrogens (tertiary/aromatic N) is 1. The number of nitrogens with one attached hydrogen (secondary N) is 2. The molecule has 136 valence electrons. The topological polar surface area (TPSA) is 65.9 Å². The van der Waals surface area contributed by atoms with Gasteiger partial charge in [-0.3, -0.25) is 4.99 Å². The van der Waals surface area contributed by atoms with Gasteiger partial charge in [0.05, 0.1) is 12.6 Å². The van der Waals surface area contributed by atoms with Crippen molar-refractivity contribution in [1.29, 1.82) is 0 Å². The molecule has 0 saturated heterocycles. The smallest absolute Gasteiger partial charge is 0.191 e. The Morgan fingerprint density at radius 1 is 1.21 bits per heavy atom. The number of aliphatic imine (C=N–C) groups is 1. The van der Waals surface area contributed by atoms with Crippen LogP contribution in [0.1, 0.15) is 32.8 Å². The minimum Gasteiger partial charge on any atom is -0.391 e. The number of benzene rings is 1. The summed E-state index contributed by atoms with van der Waals surface area (Å²) in [6, 6.07) is 9.99. The summed E-state index contributed by atoms with van der Waals surface area (Å²) >= 11 is 0. The molecule has 1 unspecified atom stereocenters. The Labute approximate surface area is 146 Å². The van der Waals surface area contributed by atoms with Crippen LogP contribution in [-0.4, -0.2) is 50.0 Å². The van der Waals surface area contributed by atoms with Gasteiger partial charge in [-0.1, -0.05) is 44.2 Å². The highest BCUT2D eigenvalue weighted by atomic mass is 16.5. The van der Waals surface area contributed by atoms with Gasteiger partial charge in [0, 0.05) is 32.7 Å². The normalized spacial score (nSPS) is 13.1. The maximum Gasteiger partial charge on any atom is 0.191 e. The molecule has 3 N–H and O–H groups in total. The number of hydrogen-bond acceptors (Lipinski definition) is 3. The molecule has 5 heteroatoms. The Balaban J connectivity index is 2.28. The van der Waals surface area contributed by atoms with Gasteiger partial charge in [-0.25, -0.2) is 0 Å². The molecule has 5 nitrogen and oxygen atoms in total. The van der Waals surface area contributed by atoms with Crippen molar-refractivity contribution in [2.75, 3.05) is 32.8 Å². The summed E-state index contributed by atoms with van der Waals surface area (Å²) in [6.07, 6.45) is 1.08. The van der Waals surface area contributed by atoms with Gasteiger partial charge in [-0.05, 0) is 24.8 Å². The maximum atomic E-state index is 10.1. The Hall–Kier alpha value is -1.59. The van der Waals surface area contributed by atoms with E-state index in [9.17, 15) is 5.11 Å². The average Bonchev–Trinajstić information content (AvgIpc) is 2.56. The fourth-order valence-electron chi connectivity index (χ4n) is 2.19. The Morgan fingerprint density at radius 3 is 2.62 bits per heavy atom. The van der Waals surface area contributed by atoms with Crippen LogP contribution in [0.2, 0.25) is 0 Å². The Morgan fingerprint density at radius 2 is 1.96 bits per heavy atom. The highest BCUT2D eigenvalue weighted by Gasteiger charge is 2.05. The largest absolute Gasteiger partial charge is 0.391 e. The first kappa shape index (κ1) is 20.5. The van der Waals surface area contributed by atoms with Crippen molar-refractivity contribution in [3.05, 3.63) is 35.9 Å². The average molecular weight is 335 g/mol. The quantitative estimate of drug-likeness (QED) is 0.329. The molecule has 0 aliphatic carbocycles. The number of ether oxygens (including phenoxy) is 1. The summed E-state index contributed by atoms with van der Waals surface area (Å²) in [5, 5.41) is 16.6. The van der Waals surface area contributed by atoms with Crippen LogP contribution in [0.3, 0.4) is 0 Å². The Kier molecular flexibility index (Phi) is 10.9. The molecule has 0 saturated carbocycles. The van der Waals surface area contributed by atoms with Crippen LogP contribution in [0.15, 0.2) is 35.3 Å². The molecule has 0 amide bonds. The second kappa shape index (κ2) is 12.8. The zero-order chi connectivity index (χ0) is 17.6. The molecule has 0 heterocycles. The zero-order valence-electron chi connectivity index (χ0n) is 15.3. The van der Waals surface area contributed by atoms with Crippen molar-refractivity contribution >= 4 is 5.96 Å². The molecule has 1 aromatic rings. The summed E-state index contributed by atoms with van der Waals surface area (Å²) in [5.41, 5.74) is 1.13. The number of aliphatic hydroxyl groups excluding tert-OH is 1. The lowest BCUT2D eigenvalue weighted by atomic mass is 10.1. The van der Waals surface area contributed by atoms with Crippen molar-refractivity contribution in [2.45, 2.75) is 39.7 Å². The van der Waals surface area contributed by atoms with Crippen molar-refractivity contribution in [3.8, 4) is 0 Å². The summed E-state index contributed by atoms with van der Waals surface area (Å²) in [4.78, 5) is 4.46. The zero-order valence-corrected chi connectivity index (χ0v) is 15.3. The third kappa shape index (κ3) is 10.2. The standard InChI is InChI=1S/C19H33N3O2/c1-4-20-19(21-11-8-12-24-15-16(2)3)22-14-18(23)13-17-9-6-5-7-10-17/h5-7,9-10,16,18,23H,4,8,11-15H2,1-3H3,(H2,20,21,22). The van der Waals surface area contributed by atoms with Crippen molar-refractivity contribution < 1.29 is 9.84 Å². The van der Waals surface area contributed by atoms with Crippen LogP contribution in [0.25, 0.3) is 0 Å². The molecule has 1 aromatic carbocycles. The lowest BCUT2D eigenvalue weighted by molar-refractivity contribution is 0.108. The van der Waals surface area contributed by atoms with Crippen molar-refractivity contribution in [3.63, 3.8) is 0 Å². The number of rotatable bonds is 11. The third-order valence-electron chi connectivity index (χ3n) is 3.33. The van der Waals surface area contributed by atoms with Gasteiger partial charge in [0.1, 0.15) is 0 Å². The SMILES string of the molecule is CCNC(=NCC(O)Cc1ccccc1)NCCCOCC(C)C. The Bertz CT molecular complexity index is 449. The summed E-state index contributed by atoms with van der Waals surface area (Å²) in [7, 11) is 0. The van der Waals surface area contributed by atoms with E-state index in [4.69, 9.17) is 4.74 Å². The number of hydrogen-bond donors (Lipinski definition) is 3. The third-order valence-corrected chi connectivity index (χ3v) is 3.33. The van der Waals surface area contributed by atoms with E-state index in [0.717, 1.165) is 44.2 Å². The van der Waals surface area contributed by atoms with E-state index in [1.54, 1.807) is 0 Å². The molecule has 0 aliphatic heterocycles. The van der Waals surface area contributed by atoms with E-state index in [2.05, 4.69) is 29.5 Å². The van der Waals surface area contributed by atoms with E-state index in [-0.39, 0.29) is 0 Å². The van der Waals surface area contributed by atoms with Gasteiger partial charge in [0.25, 0.3) is 0 Å². The molecule has 1 rings (SSSR count). The number of aliphatic hydroxyl groups is 1. The van der Waals surface area contributed by atoms with Crippen molar-refractivity contribution in [1.82, 2.24) is 10.6 Å². The first-order chi connectivity index (χ1) is 11.6. The summed E-state index contributed by atoms with van der Waals surface area (Å²) in [5.74, 6) is 1.32. The first-order valence-electron chi connectivity index (χ1n) is 8.93. The highest BCUT2D eigenvalue weighted by molar-refractivity contribution is 5.79. The van der Waals surface area contributed by atoms with E-state index in [1.165, 1.54) is 0 Å². The fourth-order valence-corrected chi connectivity index (χ4v) is 2.19. The molecule has 1 atom stereocenters. The van der Waals surface area contributed by atoms with Gasteiger partial charge in [0.15, 0.2) is 5.96 Å². The van der Waals surface area contributed by atoms with Gasteiger partial charge in [0.2, 0.25) is 0 Å². The van der Waals surface area contributed by atoms with E-state index >= 15 is 0 Å². The predicted octanol–water partition coefficient (Wildman–Crippen LogP) is 2.21. The summed E-state index contributed by atoms with van der Waals surface area (Å²) in [6.45, 7) is 9.87. The molecule has 0 aromatic heterocycles. The molecule has 0 bridgehead atoms. The van der Waals surface area contributed by atoms with Crippen LogP contribution in [0, 0.1) is 5.92 Å². The van der Waals surface area contributed by atoms with E-state index in [0.29, 0.717) is 18.9 Å². The molecule has 0 radical (unpaired) electrons. The van der Waals surface area contributed by atoms with E-state index < -0.39 is 6.10 Å². The number of guanidine groups is 1. The van der Waals surface area contributed by atoms with E-state index in [1.807, 2.05) is 37.3 Å². The lowest BCUT2D eigenvalue weighted by Crippen LogP contribution is -2.38. The van der Waals surface area contributed by atoms with Crippen LogP contribution in [0.5, 0.6) is 0 Å². The van der Waals surface area contributed by atoms with Crippen LogP contribution in [-0.2, 0) is 11.2 Å². The van der Waals surface area contributed by atoms with Gasteiger partial charge in [-0.2, -0.15) is 0 Å². The molecular formula is C19H33N3O2. The monoisotopic (exact) mass is 335 g/mol. The van der Waals surface area contributed by atoms with Gasteiger partial charge >= 0.3 is 0 Å². The minimum atomic E-state index is -0.475. The second-order valence-corrected chi connectivity index (χ2v) is 6.31.